The Morgan fingerprint density at radius 3 is 2.68 bits per heavy atom. The van der Waals surface area contributed by atoms with Gasteiger partial charge >= 0.3 is 6.61 Å². The second-order valence-electron chi connectivity index (χ2n) is 6.83. The summed E-state index contributed by atoms with van der Waals surface area (Å²) in [6.07, 6.45) is -0.00149. The highest BCUT2D eigenvalue weighted by molar-refractivity contribution is 7.89. The zero-order chi connectivity index (χ0) is 22.8. The molecule has 3 rings (SSSR count). The summed E-state index contributed by atoms with van der Waals surface area (Å²) in [5.41, 5.74) is -1.75. The van der Waals surface area contributed by atoms with Crippen molar-refractivity contribution in [2.45, 2.75) is 36.6 Å². The third kappa shape index (κ3) is 4.73. The van der Waals surface area contributed by atoms with Crippen molar-refractivity contribution in [2.24, 2.45) is 0 Å². The first-order chi connectivity index (χ1) is 14.6. The van der Waals surface area contributed by atoms with E-state index in [2.05, 4.69) is 9.72 Å². The van der Waals surface area contributed by atoms with Crippen molar-refractivity contribution in [1.82, 2.24) is 9.29 Å². The third-order valence-electron chi connectivity index (χ3n) is 4.93. The number of rotatable bonds is 7. The van der Waals surface area contributed by atoms with Crippen molar-refractivity contribution in [3.05, 3.63) is 47.9 Å². The van der Waals surface area contributed by atoms with E-state index in [9.17, 15) is 26.7 Å². The summed E-state index contributed by atoms with van der Waals surface area (Å²) in [6, 6.07) is 7.29. The molecule has 1 aromatic heterocycles. The number of pyridine rings is 1. The Morgan fingerprint density at radius 1 is 1.39 bits per heavy atom. The lowest BCUT2D eigenvalue weighted by Crippen LogP contribution is -2.44. The molecule has 0 aliphatic carbocycles. The van der Waals surface area contributed by atoms with Gasteiger partial charge in [-0.05, 0) is 24.6 Å². The second-order valence-corrected chi connectivity index (χ2v) is 8.76. The minimum atomic E-state index is -4.14. The number of aliphatic hydroxyl groups is 1. The Morgan fingerprint density at radius 2 is 2.13 bits per heavy atom. The smallest absolute Gasteiger partial charge is 0.388 e. The molecule has 166 valence electrons. The number of hydrogen-bond donors (Lipinski definition) is 1. The van der Waals surface area contributed by atoms with E-state index in [1.165, 1.54) is 12.1 Å². The van der Waals surface area contributed by atoms with Gasteiger partial charge in [0.1, 0.15) is 34.2 Å². The zero-order valence-electron chi connectivity index (χ0n) is 16.2. The predicted octanol–water partition coefficient (Wildman–Crippen LogP) is 2.29. The number of nitrogens with zero attached hydrogens (tertiary/aromatic N) is 3. The van der Waals surface area contributed by atoms with Crippen LogP contribution in [0.5, 0.6) is 11.6 Å². The summed E-state index contributed by atoms with van der Waals surface area (Å²) in [4.78, 5) is 3.28. The molecule has 1 unspecified atom stereocenters. The molecule has 2 heterocycles. The van der Waals surface area contributed by atoms with Crippen LogP contribution in [-0.2, 0) is 10.0 Å². The molecule has 1 aliphatic rings. The van der Waals surface area contributed by atoms with E-state index in [1.54, 1.807) is 13.0 Å². The standard InChI is InChI=1S/C19H18F3N3O5S/c1-2-19(26)11-25(10-16(19)29-13-4-3-12(8-23)15(20)7-13)31(27,28)14-5-6-17(24-9-14)30-18(21)22/h3-7,9,16,18,26H,2,10-11H2,1H3/t16?,19-/m0/s1. The molecule has 31 heavy (non-hydrogen) atoms. The van der Waals surface area contributed by atoms with Gasteiger partial charge in [-0.25, -0.2) is 17.8 Å². The number of benzene rings is 1. The van der Waals surface area contributed by atoms with E-state index >= 15 is 0 Å². The van der Waals surface area contributed by atoms with Crippen molar-refractivity contribution < 1.29 is 36.2 Å². The maximum atomic E-state index is 13.9. The number of ether oxygens (including phenoxy) is 2. The van der Waals surface area contributed by atoms with Crippen LogP contribution < -0.4 is 9.47 Å². The van der Waals surface area contributed by atoms with E-state index in [1.807, 2.05) is 0 Å². The topological polar surface area (TPSA) is 113 Å². The molecule has 1 saturated heterocycles. The van der Waals surface area contributed by atoms with Crippen LogP contribution in [0.15, 0.2) is 41.4 Å². The van der Waals surface area contributed by atoms with Gasteiger partial charge in [0.05, 0.1) is 18.3 Å². The average molecular weight is 457 g/mol. The normalized spacial score (nSPS) is 21.8. The molecule has 0 bridgehead atoms. The minimum Gasteiger partial charge on any atom is -0.486 e. The molecule has 0 saturated carbocycles. The van der Waals surface area contributed by atoms with E-state index in [0.29, 0.717) is 0 Å². The molecule has 1 aromatic carbocycles. The van der Waals surface area contributed by atoms with Gasteiger partial charge in [0.15, 0.2) is 0 Å². The first-order valence-electron chi connectivity index (χ1n) is 9.09. The van der Waals surface area contributed by atoms with Gasteiger partial charge in [0.25, 0.3) is 0 Å². The number of sulfonamides is 1. The quantitative estimate of drug-likeness (QED) is 0.679. The molecule has 12 heteroatoms. The van der Waals surface area contributed by atoms with Crippen molar-refractivity contribution >= 4 is 10.0 Å². The number of alkyl halides is 2. The molecule has 0 spiro atoms. The Hall–Kier alpha value is -2.88. The van der Waals surface area contributed by atoms with Crippen molar-refractivity contribution in [3.8, 4) is 17.7 Å². The van der Waals surface area contributed by atoms with Crippen molar-refractivity contribution in [3.63, 3.8) is 0 Å². The van der Waals surface area contributed by atoms with Crippen LogP contribution in [0.1, 0.15) is 18.9 Å². The predicted molar refractivity (Wildman–Crippen MR) is 100 cm³/mol. The molecule has 0 amide bonds. The molecular weight excluding hydrogens is 439 g/mol. The van der Waals surface area contributed by atoms with Gasteiger partial charge < -0.3 is 14.6 Å². The summed E-state index contributed by atoms with van der Waals surface area (Å²) < 4.78 is 75.0. The van der Waals surface area contributed by atoms with Crippen molar-refractivity contribution in [2.75, 3.05) is 13.1 Å². The zero-order valence-corrected chi connectivity index (χ0v) is 17.0. The molecule has 2 atom stereocenters. The lowest BCUT2D eigenvalue weighted by atomic mass is 9.97. The SMILES string of the molecule is CC[C@]1(O)CN(S(=O)(=O)c2ccc(OC(F)F)nc2)CC1Oc1ccc(C#N)c(F)c1. The lowest BCUT2D eigenvalue weighted by molar-refractivity contribution is -0.0529. The van der Waals surface area contributed by atoms with Gasteiger partial charge in [0.2, 0.25) is 15.9 Å². The molecule has 8 nitrogen and oxygen atoms in total. The second kappa shape index (κ2) is 8.70. The van der Waals surface area contributed by atoms with Crippen LogP contribution in [0.2, 0.25) is 0 Å². The molecule has 0 radical (unpaired) electrons. The van der Waals surface area contributed by atoms with Crippen LogP contribution >= 0.6 is 0 Å². The van der Waals surface area contributed by atoms with Crippen LogP contribution in [0, 0.1) is 17.1 Å². The summed E-state index contributed by atoms with van der Waals surface area (Å²) in [5.74, 6) is -1.22. The van der Waals surface area contributed by atoms with Gasteiger partial charge in [-0.2, -0.15) is 18.3 Å². The summed E-state index contributed by atoms with van der Waals surface area (Å²) in [6.45, 7) is -2.00. The van der Waals surface area contributed by atoms with E-state index in [0.717, 1.165) is 28.7 Å². The average Bonchev–Trinajstić information content (AvgIpc) is 3.06. The van der Waals surface area contributed by atoms with E-state index in [-0.39, 0.29) is 35.7 Å². The maximum absolute atomic E-state index is 13.9. The summed E-state index contributed by atoms with van der Waals surface area (Å²) in [5, 5.41) is 19.7. The molecular formula is C19H18F3N3O5S. The number of halogens is 3. The van der Waals surface area contributed by atoms with Gasteiger partial charge in [-0.3, -0.25) is 0 Å². The number of aromatic nitrogens is 1. The third-order valence-corrected chi connectivity index (χ3v) is 6.72. The van der Waals surface area contributed by atoms with Crippen molar-refractivity contribution in [1.29, 1.82) is 5.26 Å². The Kier molecular flexibility index (Phi) is 6.40. The first kappa shape index (κ1) is 22.8. The van der Waals surface area contributed by atoms with E-state index in [4.69, 9.17) is 10.00 Å². The first-order valence-corrected chi connectivity index (χ1v) is 10.5. The highest BCUT2D eigenvalue weighted by atomic mass is 32.2. The fourth-order valence-electron chi connectivity index (χ4n) is 3.15. The monoisotopic (exact) mass is 457 g/mol. The van der Waals surface area contributed by atoms with Gasteiger partial charge in [-0.15, -0.1) is 0 Å². The fourth-order valence-corrected chi connectivity index (χ4v) is 4.60. The molecule has 1 aliphatic heterocycles. The highest BCUT2D eigenvalue weighted by Gasteiger charge is 2.50. The Bertz CT molecular complexity index is 1090. The molecule has 1 N–H and O–H groups in total. The largest absolute Gasteiger partial charge is 0.486 e. The van der Waals surface area contributed by atoms with Gasteiger partial charge in [0, 0.05) is 18.7 Å². The maximum Gasteiger partial charge on any atom is 0.388 e. The summed E-state index contributed by atoms with van der Waals surface area (Å²) >= 11 is 0. The molecule has 1 fully saturated rings. The highest BCUT2D eigenvalue weighted by Crippen LogP contribution is 2.33. The number of nitriles is 1. The number of β-amino-alcohol motifs (C(OH)–C–C–N with tert-alkyl or cyclic N) is 1. The van der Waals surface area contributed by atoms with Crippen LogP contribution in [0.25, 0.3) is 0 Å². The Labute approximate surface area is 176 Å². The van der Waals surface area contributed by atoms with Crippen LogP contribution in [0.4, 0.5) is 13.2 Å². The van der Waals surface area contributed by atoms with Gasteiger partial charge in [-0.1, -0.05) is 6.92 Å². The molecule has 2 aromatic rings. The Balaban J connectivity index is 1.82. The van der Waals surface area contributed by atoms with Crippen LogP contribution in [0.3, 0.4) is 0 Å². The minimum absolute atomic E-state index is 0.0304. The summed E-state index contributed by atoms with van der Waals surface area (Å²) in [7, 11) is -4.14. The fraction of sp³-hybridized carbons (Fsp3) is 0.368. The van der Waals surface area contributed by atoms with Crippen LogP contribution in [-0.4, -0.2) is 54.2 Å². The lowest BCUT2D eigenvalue weighted by Gasteiger charge is -2.28. The number of hydrogen-bond acceptors (Lipinski definition) is 7. The van der Waals surface area contributed by atoms with E-state index < -0.39 is 40.0 Å².